The van der Waals surface area contributed by atoms with E-state index >= 15 is 0 Å². The van der Waals surface area contributed by atoms with Gasteiger partial charge in [0.15, 0.2) is 0 Å². The van der Waals surface area contributed by atoms with Crippen LogP contribution in [0.5, 0.6) is 5.75 Å². The summed E-state index contributed by atoms with van der Waals surface area (Å²) >= 11 is 3.53. The van der Waals surface area contributed by atoms with Crippen LogP contribution in [0, 0.1) is 0 Å². The fourth-order valence-corrected chi connectivity index (χ4v) is 6.00. The van der Waals surface area contributed by atoms with Crippen LogP contribution in [0.2, 0.25) is 0 Å². The van der Waals surface area contributed by atoms with Crippen LogP contribution >= 0.6 is 22.7 Å². The third-order valence-electron chi connectivity index (χ3n) is 5.46. The van der Waals surface area contributed by atoms with Crippen molar-refractivity contribution in [3.63, 3.8) is 0 Å². The first-order valence-corrected chi connectivity index (χ1v) is 11.7. The van der Waals surface area contributed by atoms with E-state index in [4.69, 9.17) is 14.7 Å². The minimum Gasteiger partial charge on any atom is -0.496 e. The predicted octanol–water partition coefficient (Wildman–Crippen LogP) is 6.16. The molecule has 2 aromatic carbocycles. The van der Waals surface area contributed by atoms with Gasteiger partial charge in [-0.1, -0.05) is 30.7 Å². The van der Waals surface area contributed by atoms with E-state index in [1.165, 1.54) is 29.0 Å². The molecule has 1 fully saturated rings. The highest BCUT2D eigenvalue weighted by atomic mass is 32.1. The zero-order valence-corrected chi connectivity index (χ0v) is 18.0. The summed E-state index contributed by atoms with van der Waals surface area (Å²) in [4.78, 5) is 12.4. The molecular weight excluding hydrogens is 398 g/mol. The van der Waals surface area contributed by atoms with Gasteiger partial charge in [-0.05, 0) is 43.7 Å². The first kappa shape index (κ1) is 18.7. The average molecular weight is 422 g/mol. The van der Waals surface area contributed by atoms with E-state index < -0.39 is 0 Å². The lowest BCUT2D eigenvalue weighted by Gasteiger charge is -2.33. The summed E-state index contributed by atoms with van der Waals surface area (Å²) in [5.74, 6) is 0.874. The Balaban J connectivity index is 1.39. The lowest BCUT2D eigenvalue weighted by molar-refractivity contribution is 0.139. The number of thiazole rings is 2. The van der Waals surface area contributed by atoms with E-state index in [2.05, 4.69) is 40.6 Å². The monoisotopic (exact) mass is 421 g/mol. The second kappa shape index (κ2) is 8.22. The molecule has 1 atom stereocenters. The summed E-state index contributed by atoms with van der Waals surface area (Å²) < 4.78 is 6.79. The van der Waals surface area contributed by atoms with E-state index in [0.717, 1.165) is 40.6 Å². The number of piperidine rings is 1. The van der Waals surface area contributed by atoms with Crippen LogP contribution in [0.25, 0.3) is 20.8 Å². The van der Waals surface area contributed by atoms with Gasteiger partial charge in [-0.3, -0.25) is 4.90 Å². The second-order valence-electron chi connectivity index (χ2n) is 7.35. The number of ether oxygens (including phenoxy) is 1. The molecule has 1 saturated heterocycles. The average Bonchev–Trinajstić information content (AvgIpc) is 3.41. The lowest BCUT2D eigenvalue weighted by Crippen LogP contribution is -2.33. The largest absolute Gasteiger partial charge is 0.496 e. The quantitative estimate of drug-likeness (QED) is 0.387. The van der Waals surface area contributed by atoms with E-state index in [1.54, 1.807) is 18.4 Å². The van der Waals surface area contributed by atoms with Crippen molar-refractivity contribution >= 4 is 32.9 Å². The molecule has 0 N–H and O–H groups in total. The van der Waals surface area contributed by atoms with Crippen LogP contribution in [0.3, 0.4) is 0 Å². The van der Waals surface area contributed by atoms with E-state index in [1.807, 2.05) is 29.5 Å². The van der Waals surface area contributed by atoms with Crippen molar-refractivity contribution in [2.45, 2.75) is 31.8 Å². The van der Waals surface area contributed by atoms with Crippen molar-refractivity contribution in [1.29, 1.82) is 0 Å². The van der Waals surface area contributed by atoms with Crippen LogP contribution < -0.4 is 4.74 Å². The van der Waals surface area contributed by atoms with Crippen LogP contribution in [0.15, 0.2) is 53.9 Å². The molecule has 0 saturated carbocycles. The van der Waals surface area contributed by atoms with Gasteiger partial charge in [0, 0.05) is 11.9 Å². The molecule has 0 radical (unpaired) electrons. The molecule has 2 aromatic heterocycles. The Hall–Kier alpha value is -2.28. The normalized spacial score (nSPS) is 17.6. The maximum absolute atomic E-state index is 5.51. The van der Waals surface area contributed by atoms with Gasteiger partial charge in [-0.15, -0.1) is 22.7 Å². The molecule has 0 aliphatic carbocycles. The van der Waals surface area contributed by atoms with Gasteiger partial charge in [0.05, 0.1) is 34.6 Å². The molecule has 29 heavy (non-hydrogen) atoms. The van der Waals surface area contributed by atoms with Crippen molar-refractivity contribution in [3.05, 3.63) is 64.6 Å². The molecule has 6 heteroatoms. The molecular formula is C23H23N3OS2. The smallest absolute Gasteiger partial charge is 0.129 e. The van der Waals surface area contributed by atoms with Crippen molar-refractivity contribution in [3.8, 4) is 16.3 Å². The minimum atomic E-state index is 0.387. The maximum Gasteiger partial charge on any atom is 0.129 e. The van der Waals surface area contributed by atoms with Gasteiger partial charge in [0.1, 0.15) is 15.8 Å². The Bertz CT molecular complexity index is 1090. The Morgan fingerprint density at radius 3 is 2.83 bits per heavy atom. The summed E-state index contributed by atoms with van der Waals surface area (Å²) in [5.41, 5.74) is 3.31. The minimum absolute atomic E-state index is 0.387. The number of methoxy groups -OCH3 is 1. The van der Waals surface area contributed by atoms with Crippen molar-refractivity contribution in [1.82, 2.24) is 14.9 Å². The zero-order chi connectivity index (χ0) is 19.6. The second-order valence-corrected chi connectivity index (χ2v) is 9.27. The topological polar surface area (TPSA) is 38.2 Å². The lowest BCUT2D eigenvalue weighted by atomic mass is 10.0. The molecule has 5 rings (SSSR count). The van der Waals surface area contributed by atoms with Crippen LogP contribution in [0.1, 0.15) is 36.0 Å². The third kappa shape index (κ3) is 3.80. The molecule has 0 spiro atoms. The Morgan fingerprint density at radius 1 is 1.07 bits per heavy atom. The summed E-state index contributed by atoms with van der Waals surface area (Å²) in [6.45, 7) is 1.97. The standard InChI is InChI=1S/C23H23N3OS2/c1-27-20-11-4-2-8-17(20)22-24-16(15-28-22)14-26-13-7-6-10-19(26)23-25-18-9-3-5-12-21(18)29-23/h2-5,8-9,11-12,15,19H,6-7,10,13-14H2,1H3. The number of hydrogen-bond donors (Lipinski definition) is 0. The molecule has 4 aromatic rings. The third-order valence-corrected chi connectivity index (χ3v) is 7.53. The molecule has 4 nitrogen and oxygen atoms in total. The Kier molecular flexibility index (Phi) is 5.31. The molecule has 1 aliphatic rings. The highest BCUT2D eigenvalue weighted by molar-refractivity contribution is 7.18. The Morgan fingerprint density at radius 2 is 1.93 bits per heavy atom. The highest BCUT2D eigenvalue weighted by Crippen LogP contribution is 2.37. The maximum atomic E-state index is 5.51. The molecule has 1 aliphatic heterocycles. The van der Waals surface area contributed by atoms with Crippen molar-refractivity contribution in [2.24, 2.45) is 0 Å². The number of fused-ring (bicyclic) bond motifs is 1. The first-order valence-electron chi connectivity index (χ1n) is 9.99. The van der Waals surface area contributed by atoms with Gasteiger partial charge in [0.2, 0.25) is 0 Å². The molecule has 0 amide bonds. The number of benzene rings is 2. The number of hydrogen-bond acceptors (Lipinski definition) is 6. The number of para-hydroxylation sites is 2. The molecule has 148 valence electrons. The van der Waals surface area contributed by atoms with E-state index in [-0.39, 0.29) is 0 Å². The molecule has 1 unspecified atom stereocenters. The van der Waals surface area contributed by atoms with Crippen LogP contribution in [0.4, 0.5) is 0 Å². The van der Waals surface area contributed by atoms with Gasteiger partial charge < -0.3 is 4.74 Å². The van der Waals surface area contributed by atoms with Gasteiger partial charge in [-0.2, -0.15) is 0 Å². The number of nitrogens with zero attached hydrogens (tertiary/aromatic N) is 3. The van der Waals surface area contributed by atoms with E-state index in [9.17, 15) is 0 Å². The summed E-state index contributed by atoms with van der Waals surface area (Å²) in [5, 5.41) is 4.45. The highest BCUT2D eigenvalue weighted by Gasteiger charge is 2.27. The zero-order valence-electron chi connectivity index (χ0n) is 16.4. The molecule has 3 heterocycles. The number of aromatic nitrogens is 2. The van der Waals surface area contributed by atoms with Gasteiger partial charge >= 0.3 is 0 Å². The van der Waals surface area contributed by atoms with E-state index in [0.29, 0.717) is 6.04 Å². The predicted molar refractivity (Wildman–Crippen MR) is 121 cm³/mol. The van der Waals surface area contributed by atoms with Crippen LogP contribution in [-0.4, -0.2) is 28.5 Å². The first-order chi connectivity index (χ1) is 14.3. The molecule has 0 bridgehead atoms. The fourth-order valence-electron chi connectivity index (χ4n) is 4.03. The van der Waals surface area contributed by atoms with Crippen molar-refractivity contribution < 1.29 is 4.74 Å². The number of rotatable bonds is 5. The summed E-state index contributed by atoms with van der Waals surface area (Å²) in [7, 11) is 1.71. The van der Waals surface area contributed by atoms with Crippen molar-refractivity contribution in [2.75, 3.05) is 13.7 Å². The van der Waals surface area contributed by atoms with Gasteiger partial charge in [-0.25, -0.2) is 9.97 Å². The number of likely N-dealkylation sites (tertiary alicyclic amines) is 1. The summed E-state index contributed by atoms with van der Waals surface area (Å²) in [6.07, 6.45) is 3.68. The Labute approximate surface area is 178 Å². The summed E-state index contributed by atoms with van der Waals surface area (Å²) in [6, 6.07) is 16.9. The van der Waals surface area contributed by atoms with Gasteiger partial charge in [0.25, 0.3) is 0 Å². The SMILES string of the molecule is COc1ccccc1-c1nc(CN2CCCCC2c2nc3ccccc3s2)cs1. The fraction of sp³-hybridized carbons (Fsp3) is 0.304. The van der Waals surface area contributed by atoms with Crippen LogP contribution in [-0.2, 0) is 6.54 Å².